The molecule has 0 aromatic carbocycles. The molecule has 2 amide bonds. The van der Waals surface area contributed by atoms with Crippen molar-refractivity contribution in [1.82, 2.24) is 4.90 Å². The van der Waals surface area contributed by atoms with Crippen LogP contribution in [0.15, 0.2) is 12.2 Å². The van der Waals surface area contributed by atoms with Gasteiger partial charge in [0.25, 0.3) is 11.8 Å². The fourth-order valence-corrected chi connectivity index (χ4v) is 3.37. The average Bonchev–Trinajstić information content (AvgIpc) is 2.83. The van der Waals surface area contributed by atoms with Crippen LogP contribution in [0.25, 0.3) is 0 Å². The molecule has 0 radical (unpaired) electrons. The Morgan fingerprint density at radius 2 is 1.43 bits per heavy atom. The summed E-state index contributed by atoms with van der Waals surface area (Å²) in [5.74, 6) is -0.411. The summed E-state index contributed by atoms with van der Waals surface area (Å²) < 4.78 is 0. The first kappa shape index (κ1) is 19.8. The molecule has 1 aliphatic heterocycles. The van der Waals surface area contributed by atoms with Crippen LogP contribution >= 0.6 is 0 Å². The van der Waals surface area contributed by atoms with E-state index >= 15 is 0 Å². The molecule has 6 heteroatoms. The second-order valence-electron chi connectivity index (χ2n) is 6.38. The first-order chi connectivity index (χ1) is 11.1. The van der Waals surface area contributed by atoms with Gasteiger partial charge in [0.15, 0.2) is 0 Å². The minimum atomic E-state index is -0.206. The van der Waals surface area contributed by atoms with E-state index in [0.717, 1.165) is 51.4 Å². The Bertz CT molecular complexity index is 375. The molecule has 0 saturated heterocycles. The number of amides is 2. The standard InChI is InChI=1S/C17H31N3O3/c18-11-8-17(9-12-19,10-14-21)7-3-1-2-4-13-20-15(22)5-6-16(20)23/h5-6,21H,1-4,7-14,18-19H2. The zero-order valence-corrected chi connectivity index (χ0v) is 14.0. The fourth-order valence-electron chi connectivity index (χ4n) is 3.37. The largest absolute Gasteiger partial charge is 0.396 e. The molecule has 6 nitrogen and oxygen atoms in total. The van der Waals surface area contributed by atoms with E-state index in [0.29, 0.717) is 19.6 Å². The van der Waals surface area contributed by atoms with E-state index in [1.54, 1.807) is 0 Å². The number of aliphatic hydroxyl groups is 1. The zero-order chi connectivity index (χ0) is 17.1. The molecule has 1 aliphatic rings. The van der Waals surface area contributed by atoms with Gasteiger partial charge in [-0.2, -0.15) is 0 Å². The first-order valence-electron chi connectivity index (χ1n) is 8.63. The third kappa shape index (κ3) is 6.41. The van der Waals surface area contributed by atoms with Crippen molar-refractivity contribution in [2.75, 3.05) is 26.2 Å². The first-order valence-corrected chi connectivity index (χ1v) is 8.63. The van der Waals surface area contributed by atoms with Gasteiger partial charge < -0.3 is 16.6 Å². The molecule has 0 bridgehead atoms. The van der Waals surface area contributed by atoms with Crippen molar-refractivity contribution in [3.63, 3.8) is 0 Å². The van der Waals surface area contributed by atoms with Crippen molar-refractivity contribution in [2.45, 2.75) is 51.4 Å². The van der Waals surface area contributed by atoms with Gasteiger partial charge >= 0.3 is 0 Å². The number of carbonyl (C=O) groups excluding carboxylic acids is 2. The minimum absolute atomic E-state index is 0.0586. The van der Waals surface area contributed by atoms with E-state index in [2.05, 4.69) is 0 Å². The van der Waals surface area contributed by atoms with Crippen LogP contribution in [0.5, 0.6) is 0 Å². The number of nitrogens with two attached hydrogens (primary N) is 2. The van der Waals surface area contributed by atoms with Gasteiger partial charge in [-0.1, -0.05) is 19.3 Å². The maximum Gasteiger partial charge on any atom is 0.253 e. The quantitative estimate of drug-likeness (QED) is 0.345. The van der Waals surface area contributed by atoms with Crippen LogP contribution in [0, 0.1) is 5.41 Å². The summed E-state index contributed by atoms with van der Waals surface area (Å²) in [5.41, 5.74) is 11.5. The van der Waals surface area contributed by atoms with Crippen LogP contribution in [0.2, 0.25) is 0 Å². The second kappa shape index (κ2) is 10.5. The number of nitrogens with zero attached hydrogens (tertiary/aromatic N) is 1. The lowest BCUT2D eigenvalue weighted by Gasteiger charge is -2.33. The molecule has 132 valence electrons. The highest BCUT2D eigenvalue weighted by atomic mass is 16.3. The molecule has 0 aromatic rings. The van der Waals surface area contributed by atoms with Gasteiger partial charge in [0.1, 0.15) is 0 Å². The number of hydrogen-bond acceptors (Lipinski definition) is 5. The third-order valence-electron chi connectivity index (χ3n) is 4.73. The molecule has 0 aromatic heterocycles. The van der Waals surface area contributed by atoms with Gasteiger partial charge in [-0.05, 0) is 50.6 Å². The Morgan fingerprint density at radius 1 is 0.870 bits per heavy atom. The van der Waals surface area contributed by atoms with Crippen LogP contribution in [-0.2, 0) is 9.59 Å². The van der Waals surface area contributed by atoms with Crippen LogP contribution < -0.4 is 11.5 Å². The summed E-state index contributed by atoms with van der Waals surface area (Å²) in [6.07, 6.45) is 10.1. The number of carbonyl (C=O) groups is 2. The van der Waals surface area contributed by atoms with Crippen molar-refractivity contribution < 1.29 is 14.7 Å². The second-order valence-corrected chi connectivity index (χ2v) is 6.38. The highest BCUT2D eigenvalue weighted by Gasteiger charge is 2.27. The van der Waals surface area contributed by atoms with Crippen molar-refractivity contribution in [2.24, 2.45) is 16.9 Å². The van der Waals surface area contributed by atoms with Gasteiger partial charge in [-0.3, -0.25) is 14.5 Å². The SMILES string of the molecule is NCCC(CCN)(CCO)CCCCCCN1C(=O)C=CC1=O. The molecule has 0 unspecified atom stereocenters. The molecule has 0 fully saturated rings. The Balaban J connectivity index is 2.25. The molecule has 1 heterocycles. The highest BCUT2D eigenvalue weighted by Crippen LogP contribution is 2.36. The van der Waals surface area contributed by atoms with E-state index in [-0.39, 0.29) is 23.8 Å². The van der Waals surface area contributed by atoms with Crippen molar-refractivity contribution in [3.05, 3.63) is 12.2 Å². The maximum atomic E-state index is 11.4. The Morgan fingerprint density at radius 3 is 1.96 bits per heavy atom. The molecule has 0 saturated carbocycles. The smallest absolute Gasteiger partial charge is 0.253 e. The van der Waals surface area contributed by atoms with E-state index in [4.69, 9.17) is 11.5 Å². The predicted molar refractivity (Wildman–Crippen MR) is 90.4 cm³/mol. The molecule has 0 aliphatic carbocycles. The fraction of sp³-hybridized carbons (Fsp3) is 0.765. The molecule has 0 atom stereocenters. The number of hydrogen-bond donors (Lipinski definition) is 3. The summed E-state index contributed by atoms with van der Waals surface area (Å²) in [6, 6.07) is 0. The van der Waals surface area contributed by atoms with Crippen LogP contribution in [0.4, 0.5) is 0 Å². The Hall–Kier alpha value is -1.24. The molecule has 1 rings (SSSR count). The zero-order valence-electron chi connectivity index (χ0n) is 14.0. The van der Waals surface area contributed by atoms with E-state index in [1.807, 2.05) is 0 Å². The molecule has 5 N–H and O–H groups in total. The van der Waals surface area contributed by atoms with E-state index in [9.17, 15) is 14.7 Å². The van der Waals surface area contributed by atoms with Crippen molar-refractivity contribution in [3.8, 4) is 0 Å². The predicted octanol–water partition coefficient (Wildman–Crippen LogP) is 0.928. The molecule has 23 heavy (non-hydrogen) atoms. The number of rotatable bonds is 13. The van der Waals surface area contributed by atoms with Gasteiger partial charge in [0.2, 0.25) is 0 Å². The molecular weight excluding hydrogens is 294 g/mol. The maximum absolute atomic E-state index is 11.4. The summed E-state index contributed by atoms with van der Waals surface area (Å²) >= 11 is 0. The van der Waals surface area contributed by atoms with Crippen molar-refractivity contribution in [1.29, 1.82) is 0 Å². The lowest BCUT2D eigenvalue weighted by molar-refractivity contribution is -0.136. The summed E-state index contributed by atoms with van der Waals surface area (Å²) in [6.45, 7) is 1.91. The van der Waals surface area contributed by atoms with Gasteiger partial charge in [-0.15, -0.1) is 0 Å². The number of imide groups is 1. The average molecular weight is 325 g/mol. The molecule has 0 spiro atoms. The molecular formula is C17H31N3O3. The van der Waals surface area contributed by atoms with E-state index in [1.165, 1.54) is 17.1 Å². The van der Waals surface area contributed by atoms with Crippen LogP contribution in [0.3, 0.4) is 0 Å². The van der Waals surface area contributed by atoms with Gasteiger partial charge in [-0.25, -0.2) is 0 Å². The lowest BCUT2D eigenvalue weighted by atomic mass is 9.74. The summed E-state index contributed by atoms with van der Waals surface area (Å²) in [5, 5.41) is 9.31. The summed E-state index contributed by atoms with van der Waals surface area (Å²) in [4.78, 5) is 24.1. The highest BCUT2D eigenvalue weighted by molar-refractivity contribution is 6.12. The number of aliphatic hydroxyl groups excluding tert-OH is 1. The normalized spacial score (nSPS) is 15.0. The lowest BCUT2D eigenvalue weighted by Crippen LogP contribution is -2.30. The monoisotopic (exact) mass is 325 g/mol. The Labute approximate surface area is 138 Å². The number of unbranched alkanes of at least 4 members (excludes halogenated alkanes) is 3. The minimum Gasteiger partial charge on any atom is -0.396 e. The summed E-state index contributed by atoms with van der Waals surface area (Å²) in [7, 11) is 0. The van der Waals surface area contributed by atoms with Crippen LogP contribution in [0.1, 0.15) is 51.4 Å². The van der Waals surface area contributed by atoms with Gasteiger partial charge in [0, 0.05) is 25.3 Å². The topological polar surface area (TPSA) is 110 Å². The third-order valence-corrected chi connectivity index (χ3v) is 4.73. The van der Waals surface area contributed by atoms with Crippen molar-refractivity contribution >= 4 is 11.8 Å². The van der Waals surface area contributed by atoms with Gasteiger partial charge in [0.05, 0.1) is 0 Å². The van der Waals surface area contributed by atoms with E-state index < -0.39 is 0 Å². The Kier molecular flexibility index (Phi) is 9.06. The van der Waals surface area contributed by atoms with Crippen LogP contribution in [-0.4, -0.2) is 48.1 Å².